The van der Waals surface area contributed by atoms with Crippen LogP contribution in [0.4, 0.5) is 5.82 Å². The van der Waals surface area contributed by atoms with E-state index in [9.17, 15) is 0 Å². The lowest BCUT2D eigenvalue weighted by atomic mass is 10.2. The van der Waals surface area contributed by atoms with Crippen molar-refractivity contribution in [3.8, 4) is 0 Å². The van der Waals surface area contributed by atoms with Gasteiger partial charge in [0.1, 0.15) is 11.3 Å². The van der Waals surface area contributed by atoms with Gasteiger partial charge in [0.05, 0.1) is 16.7 Å². The molecule has 5 nitrogen and oxygen atoms in total. The number of halogens is 2. The third kappa shape index (κ3) is 2.55. The topological polar surface area (TPSA) is 54.8 Å². The van der Waals surface area contributed by atoms with Crippen molar-refractivity contribution in [2.75, 3.05) is 11.4 Å². The first kappa shape index (κ1) is 12.7. The Morgan fingerprint density at radius 2 is 2.00 bits per heavy atom. The predicted molar refractivity (Wildman–Crippen MR) is 76.1 cm³/mol. The largest absolute Gasteiger partial charge is 0.345 e. The standard InChI is InChI=1S/C12H11BrClN5/c13-8-4-16-11(17-5-8)10-2-1-3-19(10)12-9(14)6-15-7-18-12/h4-7,10H,1-3H2. The number of hydrogen-bond acceptors (Lipinski definition) is 5. The third-order valence-electron chi connectivity index (χ3n) is 3.11. The Labute approximate surface area is 124 Å². The first-order valence-corrected chi connectivity index (χ1v) is 7.12. The highest BCUT2D eigenvalue weighted by molar-refractivity contribution is 9.10. The Morgan fingerprint density at radius 3 is 2.74 bits per heavy atom. The molecular formula is C12H11BrClN5. The maximum atomic E-state index is 6.17. The van der Waals surface area contributed by atoms with Crippen LogP contribution in [0.2, 0.25) is 5.02 Å². The van der Waals surface area contributed by atoms with Gasteiger partial charge in [-0.2, -0.15) is 0 Å². The lowest BCUT2D eigenvalue weighted by Gasteiger charge is -2.24. The van der Waals surface area contributed by atoms with Gasteiger partial charge in [0.2, 0.25) is 0 Å². The van der Waals surface area contributed by atoms with Crippen molar-refractivity contribution in [1.82, 2.24) is 19.9 Å². The molecule has 19 heavy (non-hydrogen) atoms. The summed E-state index contributed by atoms with van der Waals surface area (Å²) in [5.41, 5.74) is 0. The molecule has 1 aliphatic heterocycles. The highest BCUT2D eigenvalue weighted by Gasteiger charge is 2.30. The zero-order valence-electron chi connectivity index (χ0n) is 10.0. The summed E-state index contributed by atoms with van der Waals surface area (Å²) in [5.74, 6) is 1.56. The Hall–Kier alpha value is -1.27. The third-order valence-corrected chi connectivity index (χ3v) is 3.79. The summed E-state index contributed by atoms with van der Waals surface area (Å²) in [7, 11) is 0. The van der Waals surface area contributed by atoms with Crippen molar-refractivity contribution in [3.63, 3.8) is 0 Å². The Bertz CT molecular complexity index is 577. The zero-order valence-corrected chi connectivity index (χ0v) is 12.3. The molecule has 7 heteroatoms. The van der Waals surface area contributed by atoms with Crippen LogP contribution in [-0.2, 0) is 0 Å². The second-order valence-electron chi connectivity index (χ2n) is 4.31. The van der Waals surface area contributed by atoms with E-state index < -0.39 is 0 Å². The smallest absolute Gasteiger partial charge is 0.151 e. The van der Waals surface area contributed by atoms with Gasteiger partial charge in [-0.15, -0.1) is 0 Å². The average molecular weight is 341 g/mol. The number of hydrogen-bond donors (Lipinski definition) is 0. The average Bonchev–Trinajstić information content (AvgIpc) is 2.89. The van der Waals surface area contributed by atoms with Crippen molar-refractivity contribution >= 4 is 33.3 Å². The molecule has 0 aliphatic carbocycles. The zero-order chi connectivity index (χ0) is 13.2. The minimum atomic E-state index is 0.125. The van der Waals surface area contributed by atoms with Crippen LogP contribution in [0.1, 0.15) is 24.7 Å². The van der Waals surface area contributed by atoms with Crippen LogP contribution < -0.4 is 4.90 Å². The van der Waals surface area contributed by atoms with Crippen molar-refractivity contribution in [2.24, 2.45) is 0 Å². The second kappa shape index (κ2) is 5.38. The number of anilines is 1. The van der Waals surface area contributed by atoms with Gasteiger partial charge in [-0.1, -0.05) is 11.6 Å². The second-order valence-corrected chi connectivity index (χ2v) is 5.63. The monoisotopic (exact) mass is 339 g/mol. The molecule has 0 radical (unpaired) electrons. The van der Waals surface area contributed by atoms with E-state index in [2.05, 4.69) is 40.8 Å². The van der Waals surface area contributed by atoms with Gasteiger partial charge in [0.15, 0.2) is 11.6 Å². The fourth-order valence-corrected chi connectivity index (χ4v) is 2.72. The van der Waals surface area contributed by atoms with E-state index in [-0.39, 0.29) is 6.04 Å². The molecule has 0 aromatic carbocycles. The number of rotatable bonds is 2. The summed E-state index contributed by atoms with van der Waals surface area (Å²) in [6.45, 7) is 0.904. The van der Waals surface area contributed by atoms with Crippen LogP contribution in [0.3, 0.4) is 0 Å². The van der Waals surface area contributed by atoms with Crippen LogP contribution in [0.5, 0.6) is 0 Å². The van der Waals surface area contributed by atoms with Crippen molar-refractivity contribution in [3.05, 3.63) is 40.2 Å². The van der Waals surface area contributed by atoms with E-state index in [1.54, 1.807) is 18.6 Å². The molecule has 98 valence electrons. The Kier molecular flexibility index (Phi) is 3.61. The molecule has 1 aliphatic rings. The Balaban J connectivity index is 1.94. The summed E-state index contributed by atoms with van der Waals surface area (Å²) < 4.78 is 0.876. The van der Waals surface area contributed by atoms with Crippen LogP contribution in [0.15, 0.2) is 29.4 Å². The summed E-state index contributed by atoms with van der Waals surface area (Å²) in [6, 6.07) is 0.125. The van der Waals surface area contributed by atoms with E-state index >= 15 is 0 Å². The molecule has 1 saturated heterocycles. The molecule has 2 aromatic rings. The maximum Gasteiger partial charge on any atom is 0.151 e. The highest BCUT2D eigenvalue weighted by atomic mass is 79.9. The quantitative estimate of drug-likeness (QED) is 0.841. The maximum absolute atomic E-state index is 6.17. The van der Waals surface area contributed by atoms with Crippen molar-refractivity contribution in [2.45, 2.75) is 18.9 Å². The Morgan fingerprint density at radius 1 is 1.21 bits per heavy atom. The number of nitrogens with zero attached hydrogens (tertiary/aromatic N) is 5. The normalized spacial score (nSPS) is 18.8. The summed E-state index contributed by atoms with van der Waals surface area (Å²) in [4.78, 5) is 19.1. The summed E-state index contributed by atoms with van der Waals surface area (Å²) in [5, 5.41) is 0.562. The first-order chi connectivity index (χ1) is 9.25. The van der Waals surface area contributed by atoms with Gasteiger partial charge in [0, 0.05) is 18.9 Å². The van der Waals surface area contributed by atoms with E-state index in [1.807, 2.05) is 0 Å². The molecule has 0 N–H and O–H groups in total. The summed E-state index contributed by atoms with van der Waals surface area (Å²) >= 11 is 9.51. The molecule has 0 amide bonds. The molecule has 1 atom stereocenters. The predicted octanol–water partition coefficient (Wildman–Crippen LogP) is 3.02. The molecule has 3 heterocycles. The van der Waals surface area contributed by atoms with Crippen LogP contribution in [0.25, 0.3) is 0 Å². The van der Waals surface area contributed by atoms with Crippen LogP contribution in [0, 0.1) is 0 Å². The first-order valence-electron chi connectivity index (χ1n) is 5.95. The fraction of sp³-hybridized carbons (Fsp3) is 0.333. The highest BCUT2D eigenvalue weighted by Crippen LogP contribution is 2.36. The van der Waals surface area contributed by atoms with Gasteiger partial charge >= 0.3 is 0 Å². The number of aromatic nitrogens is 4. The van der Waals surface area contributed by atoms with Gasteiger partial charge < -0.3 is 4.90 Å². The van der Waals surface area contributed by atoms with Crippen LogP contribution in [-0.4, -0.2) is 26.5 Å². The van der Waals surface area contributed by atoms with E-state index in [4.69, 9.17) is 11.6 Å². The molecule has 2 aromatic heterocycles. The lowest BCUT2D eigenvalue weighted by molar-refractivity contribution is 0.658. The van der Waals surface area contributed by atoms with E-state index in [1.165, 1.54) is 6.33 Å². The van der Waals surface area contributed by atoms with Gasteiger partial charge in [-0.25, -0.2) is 19.9 Å². The molecule has 1 fully saturated rings. The van der Waals surface area contributed by atoms with Crippen molar-refractivity contribution in [1.29, 1.82) is 0 Å². The minimum absolute atomic E-state index is 0.125. The van der Waals surface area contributed by atoms with Gasteiger partial charge in [-0.3, -0.25) is 0 Å². The van der Waals surface area contributed by atoms with Gasteiger partial charge in [-0.05, 0) is 28.8 Å². The van der Waals surface area contributed by atoms with Crippen molar-refractivity contribution < 1.29 is 0 Å². The lowest BCUT2D eigenvalue weighted by Crippen LogP contribution is -2.25. The molecular weight excluding hydrogens is 330 g/mol. The molecule has 0 saturated carbocycles. The molecule has 3 rings (SSSR count). The minimum Gasteiger partial charge on any atom is -0.345 e. The van der Waals surface area contributed by atoms with Gasteiger partial charge in [0.25, 0.3) is 0 Å². The van der Waals surface area contributed by atoms with Crippen LogP contribution >= 0.6 is 27.5 Å². The molecule has 0 bridgehead atoms. The SMILES string of the molecule is Clc1cncnc1N1CCCC1c1ncc(Br)cn1. The fourth-order valence-electron chi connectivity index (χ4n) is 2.30. The van der Waals surface area contributed by atoms with E-state index in [0.29, 0.717) is 5.02 Å². The van der Waals surface area contributed by atoms with E-state index in [0.717, 1.165) is 35.5 Å². The molecule has 1 unspecified atom stereocenters. The summed E-state index contributed by atoms with van der Waals surface area (Å²) in [6.07, 6.45) is 8.73. The molecule has 0 spiro atoms.